The van der Waals surface area contributed by atoms with Gasteiger partial charge in [-0.05, 0) is 0 Å². The van der Waals surface area contributed by atoms with E-state index in [9.17, 15) is 4.79 Å². The number of benzene rings is 1. The fraction of sp³-hybridized carbons (Fsp3) is 0.400. The van der Waals surface area contributed by atoms with Crippen molar-refractivity contribution in [1.82, 2.24) is 14.8 Å². The van der Waals surface area contributed by atoms with Gasteiger partial charge in [0.2, 0.25) is 11.9 Å². The number of aryl methyl sites for hydroxylation is 4. The van der Waals surface area contributed by atoms with Crippen LogP contribution in [0, 0.1) is 13.0 Å². The molecule has 5 nitrogen and oxygen atoms in total. The van der Waals surface area contributed by atoms with Crippen LogP contribution >= 0.6 is 0 Å². The number of carbonyl (C=O) groups excluding carboxylic acids is 1. The molecule has 1 amide bonds. The third-order valence-corrected chi connectivity index (χ3v) is 3.75. The van der Waals surface area contributed by atoms with E-state index in [4.69, 9.17) is 0 Å². The number of fused-ring (bicyclic) bond motifs is 1. The number of hydrogen-bond donors (Lipinski definition) is 1. The number of aromatic nitrogens is 3. The maximum Gasteiger partial charge on any atom is 0.226 e. The van der Waals surface area contributed by atoms with Gasteiger partial charge in [0.1, 0.15) is 6.33 Å². The Kier molecular flexibility index (Phi) is 5.28. The second-order valence-electron chi connectivity index (χ2n) is 5.18. The summed E-state index contributed by atoms with van der Waals surface area (Å²) in [4.78, 5) is 16.4. The summed E-state index contributed by atoms with van der Waals surface area (Å²) in [6.45, 7) is 1.93. The molecule has 0 fully saturated rings. The third-order valence-electron chi connectivity index (χ3n) is 3.75. The molecule has 2 aromatic rings. The molecule has 0 aliphatic heterocycles. The Labute approximate surface area is 149 Å². The van der Waals surface area contributed by atoms with Crippen LogP contribution < -0.4 is 5.32 Å². The van der Waals surface area contributed by atoms with Gasteiger partial charge in [0, 0.05) is 39.8 Å². The second kappa shape index (κ2) is 6.80. The first-order valence-electron chi connectivity index (χ1n) is 6.85. The van der Waals surface area contributed by atoms with Crippen LogP contribution in [0.15, 0.2) is 12.4 Å². The monoisotopic (exact) mass is 358 g/mol. The van der Waals surface area contributed by atoms with E-state index in [1.807, 2.05) is 13.0 Å². The molecule has 0 saturated carbocycles. The van der Waals surface area contributed by atoms with Gasteiger partial charge in [0.05, 0.1) is 0 Å². The third kappa shape index (κ3) is 3.40. The fourth-order valence-corrected chi connectivity index (χ4v) is 2.62. The van der Waals surface area contributed by atoms with Crippen LogP contribution in [0.5, 0.6) is 0 Å². The van der Waals surface area contributed by atoms with Gasteiger partial charge >= 0.3 is 0 Å². The van der Waals surface area contributed by atoms with Gasteiger partial charge in [0.15, 0.2) is 0 Å². The van der Waals surface area contributed by atoms with Crippen LogP contribution in [-0.2, 0) is 52.6 Å². The van der Waals surface area contributed by atoms with Crippen molar-refractivity contribution >= 4 is 11.9 Å². The zero-order valence-corrected chi connectivity index (χ0v) is 15.1. The first-order chi connectivity index (χ1) is 9.65. The Morgan fingerprint density at radius 1 is 1.38 bits per heavy atom. The van der Waals surface area contributed by atoms with E-state index in [0.29, 0.717) is 11.5 Å². The molecule has 0 spiro atoms. The first-order valence-corrected chi connectivity index (χ1v) is 6.85. The molecule has 0 atom stereocenters. The van der Waals surface area contributed by atoms with E-state index >= 15 is 0 Å². The van der Waals surface area contributed by atoms with Gasteiger partial charge in [0.25, 0.3) is 0 Å². The molecule has 0 saturated heterocycles. The van der Waals surface area contributed by atoms with E-state index < -0.39 is 0 Å². The van der Waals surface area contributed by atoms with Gasteiger partial charge in [-0.25, -0.2) is 4.68 Å². The minimum Gasteiger partial charge on any atom is -0.301 e. The van der Waals surface area contributed by atoms with Crippen molar-refractivity contribution in [1.29, 1.82) is 0 Å². The van der Waals surface area contributed by atoms with Gasteiger partial charge < -0.3 is 5.32 Å². The molecule has 1 aromatic carbocycles. The van der Waals surface area contributed by atoms with Crippen LogP contribution in [0.4, 0.5) is 5.95 Å². The van der Waals surface area contributed by atoms with Crippen molar-refractivity contribution in [2.45, 2.75) is 32.6 Å². The van der Waals surface area contributed by atoms with Crippen molar-refractivity contribution < 1.29 is 37.5 Å². The van der Waals surface area contributed by atoms with E-state index in [1.165, 1.54) is 35.0 Å². The quantitative estimate of drug-likeness (QED) is 0.836. The van der Waals surface area contributed by atoms with Crippen LogP contribution in [0.3, 0.4) is 0 Å². The van der Waals surface area contributed by atoms with E-state index in [2.05, 4.69) is 21.5 Å². The number of nitrogens with one attached hydrogen (secondary N) is 1. The Morgan fingerprint density at radius 3 is 2.86 bits per heavy atom. The molecule has 3 rings (SSSR count). The van der Waals surface area contributed by atoms with Crippen LogP contribution in [-0.4, -0.2) is 20.7 Å². The SMILES string of the molecule is Cc1[c-]c2c(cc1C(=O)Nc1ncnn1C)CCCC2.[Y]. The second-order valence-corrected chi connectivity index (χ2v) is 5.18. The van der Waals surface area contributed by atoms with Crippen molar-refractivity contribution in [3.8, 4) is 0 Å². The summed E-state index contributed by atoms with van der Waals surface area (Å²) in [7, 11) is 1.74. The minimum absolute atomic E-state index is 0. The number of anilines is 1. The molecular formula is C15H17N4OY-. The standard InChI is InChI=1S/C15H17N4O.Y/c1-10-7-11-5-3-4-6-12(11)8-13(10)14(20)18-15-16-9-17-19(15)2;/h8-9H,3-6H2,1-2H3,(H,16,17,18,20);/q-1;. The summed E-state index contributed by atoms with van der Waals surface area (Å²) in [5, 5.41) is 6.72. The normalized spacial score (nSPS) is 13.2. The maximum atomic E-state index is 12.4. The summed E-state index contributed by atoms with van der Waals surface area (Å²) in [5.41, 5.74) is 4.09. The van der Waals surface area contributed by atoms with Crippen molar-refractivity contribution in [3.05, 3.63) is 40.7 Å². The molecule has 1 aliphatic rings. The summed E-state index contributed by atoms with van der Waals surface area (Å²) in [6.07, 6.45) is 5.93. The van der Waals surface area contributed by atoms with E-state index in [-0.39, 0.29) is 38.6 Å². The van der Waals surface area contributed by atoms with E-state index in [1.54, 1.807) is 7.05 Å². The Balaban J connectivity index is 0.00000161. The molecule has 1 N–H and O–H groups in total. The van der Waals surface area contributed by atoms with Crippen LogP contribution in [0.25, 0.3) is 0 Å². The average Bonchev–Trinajstić information content (AvgIpc) is 2.83. The minimum atomic E-state index is -0.150. The molecule has 0 bridgehead atoms. The number of nitrogens with zero attached hydrogens (tertiary/aromatic N) is 3. The molecule has 1 radical (unpaired) electrons. The molecule has 107 valence electrons. The van der Waals surface area contributed by atoms with Crippen molar-refractivity contribution in [2.24, 2.45) is 7.05 Å². The zero-order valence-electron chi connectivity index (χ0n) is 12.3. The van der Waals surface area contributed by atoms with Crippen LogP contribution in [0.2, 0.25) is 0 Å². The average molecular weight is 358 g/mol. The topological polar surface area (TPSA) is 59.8 Å². The van der Waals surface area contributed by atoms with Gasteiger partial charge in [-0.2, -0.15) is 38.9 Å². The number of amides is 1. The predicted molar refractivity (Wildman–Crippen MR) is 75.6 cm³/mol. The number of rotatable bonds is 2. The van der Waals surface area contributed by atoms with Crippen LogP contribution in [0.1, 0.15) is 39.9 Å². The smallest absolute Gasteiger partial charge is 0.226 e. The predicted octanol–water partition coefficient (Wildman–Crippen LogP) is 2.05. The maximum absolute atomic E-state index is 12.4. The molecule has 1 aromatic heterocycles. The first kappa shape index (κ1) is 16.3. The Bertz CT molecular complexity index is 666. The van der Waals surface area contributed by atoms with Crippen molar-refractivity contribution in [2.75, 3.05) is 5.32 Å². The fourth-order valence-electron chi connectivity index (χ4n) is 2.62. The summed E-state index contributed by atoms with van der Waals surface area (Å²) >= 11 is 0. The summed E-state index contributed by atoms with van der Waals surface area (Å²) in [5.74, 6) is 0.301. The summed E-state index contributed by atoms with van der Waals surface area (Å²) in [6, 6.07) is 5.37. The largest absolute Gasteiger partial charge is 0.301 e. The van der Waals surface area contributed by atoms with Gasteiger partial charge in [-0.3, -0.25) is 4.79 Å². The molecule has 6 heteroatoms. The molecule has 1 heterocycles. The molecule has 0 unspecified atom stereocenters. The van der Waals surface area contributed by atoms with Crippen molar-refractivity contribution in [3.63, 3.8) is 0 Å². The zero-order chi connectivity index (χ0) is 14.1. The number of carbonyl (C=O) groups is 1. The van der Waals surface area contributed by atoms with Gasteiger partial charge in [-0.1, -0.05) is 38.2 Å². The van der Waals surface area contributed by atoms with Gasteiger partial charge in [-0.15, -0.1) is 0 Å². The molecule has 1 aliphatic carbocycles. The Hall–Kier alpha value is -1.07. The number of hydrogen-bond acceptors (Lipinski definition) is 3. The van der Waals surface area contributed by atoms with E-state index in [0.717, 1.165) is 18.4 Å². The molecule has 21 heavy (non-hydrogen) atoms. The Morgan fingerprint density at radius 2 is 2.14 bits per heavy atom. The summed E-state index contributed by atoms with van der Waals surface area (Å²) < 4.78 is 1.54. The molecular weight excluding hydrogens is 341 g/mol.